The van der Waals surface area contributed by atoms with Gasteiger partial charge in [-0.05, 0) is 53.4 Å². The van der Waals surface area contributed by atoms with Crippen molar-refractivity contribution in [2.24, 2.45) is 0 Å². The molecule has 6 rings (SSSR count). The Morgan fingerprint density at radius 1 is 0.831 bits per heavy atom. The van der Waals surface area contributed by atoms with Gasteiger partial charge in [0.25, 0.3) is 5.91 Å². The van der Waals surface area contributed by atoms with Gasteiger partial charge >= 0.3 is 6.03 Å². The number of sulfonamides is 1. The Balaban J connectivity index is 1.17. The average molecular weight is 826 g/mol. The van der Waals surface area contributed by atoms with Crippen molar-refractivity contribution in [2.45, 2.75) is 26.2 Å². The van der Waals surface area contributed by atoms with Crippen molar-refractivity contribution in [1.29, 1.82) is 0 Å². The summed E-state index contributed by atoms with van der Waals surface area (Å²) < 4.78 is 49.5. The number of amides is 4. The Labute approximate surface area is 342 Å². The molecule has 0 unspecified atom stereocenters. The summed E-state index contributed by atoms with van der Waals surface area (Å²) >= 11 is 0. The van der Waals surface area contributed by atoms with Gasteiger partial charge in [0.1, 0.15) is 23.1 Å². The van der Waals surface area contributed by atoms with Crippen LogP contribution in [0.2, 0.25) is 0 Å². The maximum atomic E-state index is 13.5. The first-order valence-corrected chi connectivity index (χ1v) is 20.5. The van der Waals surface area contributed by atoms with E-state index >= 15 is 0 Å². The molecule has 0 atom stereocenters. The molecule has 1 aromatic heterocycles. The van der Waals surface area contributed by atoms with Crippen molar-refractivity contribution in [2.75, 3.05) is 74.0 Å². The summed E-state index contributed by atoms with van der Waals surface area (Å²) in [6, 6.07) is 22.0. The number of anilines is 5. The molecule has 1 fully saturated rings. The lowest BCUT2D eigenvalue weighted by molar-refractivity contribution is -0.134. The number of ether oxygens (including phenoxy) is 4. The molecule has 1 aliphatic rings. The average Bonchev–Trinajstić information content (AvgIpc) is 3.20. The summed E-state index contributed by atoms with van der Waals surface area (Å²) in [7, 11) is -0.767. The molecule has 0 aliphatic carbocycles. The van der Waals surface area contributed by atoms with Crippen LogP contribution in [0.3, 0.4) is 0 Å². The zero-order valence-corrected chi connectivity index (χ0v) is 34.4. The highest BCUT2D eigenvalue weighted by Crippen LogP contribution is 2.40. The number of rotatable bonds is 13. The fourth-order valence-corrected chi connectivity index (χ4v) is 6.87. The Morgan fingerprint density at radius 2 is 1.54 bits per heavy atom. The highest BCUT2D eigenvalue weighted by Gasteiger charge is 2.23. The summed E-state index contributed by atoms with van der Waals surface area (Å²) in [5, 5.41) is 13.0. The number of methoxy groups -OCH3 is 2. The number of morpholine rings is 1. The zero-order chi connectivity index (χ0) is 42.3. The van der Waals surface area contributed by atoms with Crippen LogP contribution >= 0.6 is 0 Å². The fraction of sp³-hybridized carbons (Fsp3) is 0.286. The van der Waals surface area contributed by atoms with Gasteiger partial charge in [-0.15, -0.1) is 0 Å². The smallest absolute Gasteiger partial charge is 0.323 e. The molecular weight excluding hydrogens is 779 g/mol. The topological polar surface area (TPSA) is 199 Å². The van der Waals surface area contributed by atoms with Crippen molar-refractivity contribution >= 4 is 67.2 Å². The maximum absolute atomic E-state index is 13.5. The molecule has 0 radical (unpaired) electrons. The molecule has 0 saturated carbocycles. The minimum atomic E-state index is -3.66. The van der Waals surface area contributed by atoms with Gasteiger partial charge in [0.05, 0.1) is 57.3 Å². The first kappa shape index (κ1) is 42.0. The lowest BCUT2D eigenvalue weighted by atomic mass is 9.86. The Morgan fingerprint density at radius 3 is 2.24 bits per heavy atom. The third kappa shape index (κ3) is 10.9. The quantitative estimate of drug-likeness (QED) is 0.0848. The van der Waals surface area contributed by atoms with E-state index in [2.05, 4.69) is 31.0 Å². The molecular formula is C42H47N7O9S. The van der Waals surface area contributed by atoms with Crippen molar-refractivity contribution in [3.05, 3.63) is 96.2 Å². The normalized spacial score (nSPS) is 12.9. The van der Waals surface area contributed by atoms with E-state index in [4.69, 9.17) is 18.9 Å². The van der Waals surface area contributed by atoms with Crippen LogP contribution in [0.5, 0.6) is 23.0 Å². The lowest BCUT2D eigenvalue weighted by Crippen LogP contribution is -2.45. The molecule has 5 aromatic rings. The predicted molar refractivity (Wildman–Crippen MR) is 227 cm³/mol. The zero-order valence-electron chi connectivity index (χ0n) is 33.6. The number of hydrogen-bond acceptors (Lipinski definition) is 11. The van der Waals surface area contributed by atoms with Crippen LogP contribution in [0.4, 0.5) is 33.4 Å². The minimum Gasteiger partial charge on any atom is -0.497 e. The standard InChI is InChI=1S/C42H47N7O9S/c1-42(2,3)27-21-34(39(56-5)35(22-27)48-59(6,53)54)47-41(52)46-33-11-12-36(32-10-8-7-9-31(32)33)58-29-13-14-43-37(24-29)45-28-19-26(20-30(23-28)55-4)40(51)44-25-38(50)49-15-17-57-18-16-49/h7-14,19-24,48H,15-18,25H2,1-6H3,(H,43,45)(H,44,51)(H2,46,47,52). The molecule has 0 spiro atoms. The van der Waals surface area contributed by atoms with Crippen molar-refractivity contribution in [3.8, 4) is 23.0 Å². The molecule has 59 heavy (non-hydrogen) atoms. The Hall–Kier alpha value is -6.59. The highest BCUT2D eigenvalue weighted by atomic mass is 32.2. The molecule has 5 N–H and O–H groups in total. The van der Waals surface area contributed by atoms with E-state index in [9.17, 15) is 22.8 Å². The van der Waals surface area contributed by atoms with Crippen LogP contribution in [0.25, 0.3) is 10.8 Å². The van der Waals surface area contributed by atoms with Gasteiger partial charge in [-0.2, -0.15) is 0 Å². The van der Waals surface area contributed by atoms with Crippen LogP contribution in [0.15, 0.2) is 85.1 Å². The number of nitrogens with zero attached hydrogens (tertiary/aromatic N) is 2. The summed E-state index contributed by atoms with van der Waals surface area (Å²) in [5.74, 6) is 1.34. The molecule has 4 aromatic carbocycles. The van der Waals surface area contributed by atoms with Crippen molar-refractivity contribution in [1.82, 2.24) is 15.2 Å². The van der Waals surface area contributed by atoms with Crippen molar-refractivity contribution in [3.63, 3.8) is 0 Å². The molecule has 0 bridgehead atoms. The van der Waals surface area contributed by atoms with Gasteiger partial charge in [0.15, 0.2) is 5.75 Å². The predicted octanol–water partition coefficient (Wildman–Crippen LogP) is 6.69. The molecule has 1 saturated heterocycles. The second kappa shape index (κ2) is 17.9. The molecule has 4 amide bonds. The molecule has 16 nitrogen and oxygen atoms in total. The number of fused-ring (bicyclic) bond motifs is 1. The number of pyridine rings is 1. The monoisotopic (exact) mass is 825 g/mol. The van der Waals surface area contributed by atoms with E-state index in [1.54, 1.807) is 65.7 Å². The largest absolute Gasteiger partial charge is 0.497 e. The summed E-state index contributed by atoms with van der Waals surface area (Å²) in [4.78, 5) is 45.3. The van der Waals surface area contributed by atoms with Gasteiger partial charge in [-0.1, -0.05) is 45.0 Å². The second-order valence-electron chi connectivity index (χ2n) is 14.7. The first-order chi connectivity index (χ1) is 28.1. The van der Waals surface area contributed by atoms with Gasteiger partial charge < -0.3 is 45.1 Å². The molecule has 1 aliphatic heterocycles. The van der Waals surface area contributed by atoms with Gasteiger partial charge in [-0.3, -0.25) is 14.3 Å². The minimum absolute atomic E-state index is 0.145. The number of carbonyl (C=O) groups is 3. The summed E-state index contributed by atoms with van der Waals surface area (Å²) in [6.45, 7) is 7.68. The second-order valence-corrected chi connectivity index (χ2v) is 16.4. The van der Waals surface area contributed by atoms with E-state index in [-0.39, 0.29) is 40.6 Å². The molecule has 310 valence electrons. The van der Waals surface area contributed by atoms with Gasteiger partial charge in [0.2, 0.25) is 15.9 Å². The van der Waals surface area contributed by atoms with E-state index in [0.717, 1.165) is 11.8 Å². The van der Waals surface area contributed by atoms with Crippen LogP contribution < -0.4 is 40.2 Å². The first-order valence-electron chi connectivity index (χ1n) is 18.6. The highest BCUT2D eigenvalue weighted by molar-refractivity contribution is 7.92. The maximum Gasteiger partial charge on any atom is 0.323 e. The van der Waals surface area contributed by atoms with Crippen molar-refractivity contribution < 1.29 is 41.7 Å². The van der Waals surface area contributed by atoms with E-state index < -0.39 is 22.0 Å². The number of aromatic nitrogens is 1. The van der Waals surface area contributed by atoms with Crippen LogP contribution in [-0.2, 0) is 25.0 Å². The third-order valence-electron chi connectivity index (χ3n) is 9.23. The Bertz CT molecular complexity index is 2480. The van der Waals surface area contributed by atoms with E-state index in [1.807, 2.05) is 45.0 Å². The summed E-state index contributed by atoms with van der Waals surface area (Å²) in [5.41, 5.74) is 2.16. The molecule has 17 heteroatoms. The number of benzene rings is 4. The SMILES string of the molecule is COc1cc(Nc2cc(Oc3ccc(NC(=O)Nc4cc(C(C)(C)C)cc(NS(C)(=O)=O)c4OC)c4ccccc34)ccn2)cc(C(=O)NCC(=O)N2CCOCC2)c1. The number of nitrogens with one attached hydrogen (secondary N) is 5. The van der Waals surface area contributed by atoms with Gasteiger partial charge in [-0.25, -0.2) is 18.2 Å². The van der Waals surface area contributed by atoms with Crippen LogP contribution in [0, 0.1) is 0 Å². The van der Waals surface area contributed by atoms with Crippen LogP contribution in [0.1, 0.15) is 36.7 Å². The number of urea groups is 1. The Kier molecular flexibility index (Phi) is 12.8. The molecule has 2 heterocycles. The third-order valence-corrected chi connectivity index (χ3v) is 9.83. The van der Waals surface area contributed by atoms with E-state index in [0.29, 0.717) is 71.5 Å². The number of hydrogen-bond donors (Lipinski definition) is 5. The van der Waals surface area contributed by atoms with E-state index in [1.165, 1.54) is 14.2 Å². The van der Waals surface area contributed by atoms with Crippen LogP contribution in [-0.4, -0.2) is 89.5 Å². The fourth-order valence-electron chi connectivity index (χ4n) is 6.32. The number of carbonyl (C=O) groups excluding carboxylic acids is 3. The summed E-state index contributed by atoms with van der Waals surface area (Å²) in [6.07, 6.45) is 2.62. The van der Waals surface area contributed by atoms with Gasteiger partial charge in [0, 0.05) is 53.4 Å². The lowest BCUT2D eigenvalue weighted by Gasteiger charge is -2.26.